The monoisotopic (exact) mass is 409 g/mol. The van der Waals surface area contributed by atoms with E-state index in [4.69, 9.17) is 14.7 Å². The second kappa shape index (κ2) is 8.92. The van der Waals surface area contributed by atoms with Crippen molar-refractivity contribution in [3.63, 3.8) is 0 Å². The largest absolute Gasteiger partial charge is 0.383 e. The summed E-state index contributed by atoms with van der Waals surface area (Å²) in [5.74, 6) is 0.671. The maximum atomic E-state index is 12.8. The highest BCUT2D eigenvalue weighted by molar-refractivity contribution is 6.48. The average molecular weight is 410 g/mol. The molecule has 7 heteroatoms. The van der Waals surface area contributed by atoms with Gasteiger partial charge in [0.1, 0.15) is 5.71 Å². The van der Waals surface area contributed by atoms with Gasteiger partial charge in [0.15, 0.2) is 5.82 Å². The van der Waals surface area contributed by atoms with E-state index >= 15 is 0 Å². The van der Waals surface area contributed by atoms with Crippen molar-refractivity contribution in [3.05, 3.63) is 51.2 Å². The summed E-state index contributed by atoms with van der Waals surface area (Å²) in [6.45, 7) is 14.4. The summed E-state index contributed by atoms with van der Waals surface area (Å²) in [4.78, 5) is 24.7. The first-order chi connectivity index (χ1) is 14.3. The van der Waals surface area contributed by atoms with Crippen LogP contribution in [0.3, 0.4) is 0 Å². The minimum Gasteiger partial charge on any atom is -0.383 e. The molecule has 0 N–H and O–H groups in total. The Hall–Kier alpha value is -2.80. The molecular weight excluding hydrogens is 378 g/mol. The fraction of sp³-hybridized carbons (Fsp3) is 0.478. The van der Waals surface area contributed by atoms with Gasteiger partial charge in [0.25, 0.3) is 5.56 Å². The number of methoxy groups -OCH3 is 1. The maximum Gasteiger partial charge on any atom is 0.277 e. The predicted molar refractivity (Wildman–Crippen MR) is 123 cm³/mol. The van der Waals surface area contributed by atoms with Gasteiger partial charge in [-0.15, -0.1) is 0 Å². The van der Waals surface area contributed by atoms with Crippen LogP contribution in [0.25, 0.3) is 0 Å². The maximum absolute atomic E-state index is 12.8. The van der Waals surface area contributed by atoms with Crippen LogP contribution in [0.15, 0.2) is 33.1 Å². The fourth-order valence-corrected chi connectivity index (χ4v) is 3.66. The lowest BCUT2D eigenvalue weighted by atomic mass is 10.1. The van der Waals surface area contributed by atoms with E-state index in [1.54, 1.807) is 7.11 Å². The second-order valence-electron chi connectivity index (χ2n) is 7.91. The molecule has 1 aromatic carbocycles. The summed E-state index contributed by atoms with van der Waals surface area (Å²) in [7, 11) is 1.72. The van der Waals surface area contributed by atoms with Crippen LogP contribution in [0.1, 0.15) is 56.3 Å². The van der Waals surface area contributed by atoms with E-state index in [-0.39, 0.29) is 11.5 Å². The van der Waals surface area contributed by atoms with Crippen molar-refractivity contribution in [3.8, 4) is 0 Å². The molecule has 0 fully saturated rings. The summed E-state index contributed by atoms with van der Waals surface area (Å²) >= 11 is 0. The third-order valence-corrected chi connectivity index (χ3v) is 5.40. The number of aromatic nitrogens is 2. The highest BCUT2D eigenvalue weighted by Gasteiger charge is 2.26. The molecule has 7 nitrogen and oxygen atoms in total. The minimum absolute atomic E-state index is 0.128. The molecule has 0 saturated heterocycles. The van der Waals surface area contributed by atoms with Crippen molar-refractivity contribution >= 4 is 22.8 Å². The summed E-state index contributed by atoms with van der Waals surface area (Å²) in [5.41, 5.74) is 5.70. The molecule has 0 bridgehead atoms. The van der Waals surface area contributed by atoms with Crippen molar-refractivity contribution < 1.29 is 4.74 Å². The molecular formula is C23H31N5O2. The van der Waals surface area contributed by atoms with Crippen LogP contribution in [0, 0.1) is 13.8 Å². The molecule has 0 atom stereocenters. The number of rotatable bonds is 7. The highest BCUT2D eigenvalue weighted by Crippen LogP contribution is 2.27. The van der Waals surface area contributed by atoms with E-state index in [1.165, 1.54) is 4.68 Å². The zero-order valence-corrected chi connectivity index (χ0v) is 19.0. The third kappa shape index (κ3) is 4.07. The van der Waals surface area contributed by atoms with Gasteiger partial charge in [-0.25, -0.2) is 9.98 Å². The molecule has 30 heavy (non-hydrogen) atoms. The summed E-state index contributed by atoms with van der Waals surface area (Å²) in [6.07, 6.45) is 0. The standard InChI is InChI=1S/C23H31N5O2/c1-8-27(11-12-30-7)18-9-10-19(15(4)13-18)24-21-17(6)26-28-22(21)25-20(14(2)3)16(5)23(28)29/h9-10,13-14H,8,11-12H2,1-7H3. The van der Waals surface area contributed by atoms with Crippen LogP contribution in [-0.4, -0.2) is 47.9 Å². The molecule has 0 radical (unpaired) electrons. The van der Waals surface area contributed by atoms with Crippen molar-refractivity contribution in [2.45, 2.75) is 47.5 Å². The molecule has 0 unspecified atom stereocenters. The molecule has 0 amide bonds. The van der Waals surface area contributed by atoms with Crippen LogP contribution in [0.2, 0.25) is 0 Å². The summed E-state index contributed by atoms with van der Waals surface area (Å²) in [6, 6.07) is 6.22. The summed E-state index contributed by atoms with van der Waals surface area (Å²) in [5, 5.41) is 4.42. The molecule has 0 saturated carbocycles. The number of anilines is 1. The lowest BCUT2D eigenvalue weighted by Gasteiger charge is -2.23. The first-order valence-electron chi connectivity index (χ1n) is 10.4. The predicted octanol–water partition coefficient (Wildman–Crippen LogP) is 3.81. The molecule has 1 aromatic heterocycles. The highest BCUT2D eigenvalue weighted by atomic mass is 16.5. The molecule has 0 spiro atoms. The van der Waals surface area contributed by atoms with Crippen LogP contribution in [-0.2, 0) is 4.74 Å². The number of aryl methyl sites for hydroxylation is 1. The smallest absolute Gasteiger partial charge is 0.277 e. The first kappa shape index (κ1) is 21.9. The van der Waals surface area contributed by atoms with E-state index in [1.807, 2.05) is 40.7 Å². The minimum atomic E-state index is -0.128. The number of likely N-dealkylation sites (N-methyl/N-ethyl adjacent to an activating group) is 1. The van der Waals surface area contributed by atoms with Gasteiger partial charge in [-0.05, 0) is 57.4 Å². The summed E-state index contributed by atoms with van der Waals surface area (Å²) < 4.78 is 6.59. The van der Waals surface area contributed by atoms with E-state index in [0.29, 0.717) is 29.4 Å². The van der Waals surface area contributed by atoms with Crippen LogP contribution in [0.5, 0.6) is 0 Å². The van der Waals surface area contributed by atoms with Gasteiger partial charge in [0.2, 0.25) is 0 Å². The number of hydrogen-bond acceptors (Lipinski definition) is 6. The van der Waals surface area contributed by atoms with Crippen molar-refractivity contribution in [1.29, 1.82) is 0 Å². The van der Waals surface area contributed by atoms with Gasteiger partial charge in [-0.1, -0.05) is 13.8 Å². The van der Waals surface area contributed by atoms with Gasteiger partial charge in [0.05, 0.1) is 23.7 Å². The number of nitrogens with zero attached hydrogens (tertiary/aromatic N) is 5. The van der Waals surface area contributed by atoms with Crippen molar-refractivity contribution in [2.24, 2.45) is 10.1 Å². The van der Waals surface area contributed by atoms with Crippen LogP contribution < -0.4 is 10.5 Å². The molecule has 0 aliphatic carbocycles. The lowest BCUT2D eigenvalue weighted by Crippen LogP contribution is -2.26. The number of hydrogen-bond donors (Lipinski definition) is 0. The fourth-order valence-electron chi connectivity index (χ4n) is 3.66. The van der Waals surface area contributed by atoms with Gasteiger partial charge >= 0.3 is 0 Å². The topological polar surface area (TPSA) is 72.1 Å². The molecule has 3 rings (SSSR count). The van der Waals surface area contributed by atoms with Crippen molar-refractivity contribution in [2.75, 3.05) is 31.7 Å². The number of ether oxygens (including phenoxy) is 1. The molecule has 1 aliphatic heterocycles. The Balaban J connectivity index is 2.03. The Kier molecular flexibility index (Phi) is 6.51. The zero-order valence-electron chi connectivity index (χ0n) is 19.0. The Labute approximate surface area is 178 Å². The van der Waals surface area contributed by atoms with Crippen LogP contribution >= 0.6 is 0 Å². The SMILES string of the molecule is CCN(CCOC)c1ccc(N=C2C(C)=Nn3c2nc(C(C)C)c(C)c3=O)c(C)c1. The quantitative estimate of drug-likeness (QED) is 0.697. The Morgan fingerprint density at radius 3 is 2.57 bits per heavy atom. The van der Waals surface area contributed by atoms with E-state index < -0.39 is 0 Å². The van der Waals surface area contributed by atoms with E-state index in [9.17, 15) is 4.79 Å². The first-order valence-corrected chi connectivity index (χ1v) is 10.4. The number of fused-ring (bicyclic) bond motifs is 1. The molecule has 2 aromatic rings. The molecule has 2 heterocycles. The lowest BCUT2D eigenvalue weighted by molar-refractivity contribution is 0.205. The zero-order chi connectivity index (χ0) is 22.0. The Morgan fingerprint density at radius 2 is 1.97 bits per heavy atom. The van der Waals surface area contributed by atoms with E-state index in [0.717, 1.165) is 35.7 Å². The average Bonchev–Trinajstić information content (AvgIpc) is 3.02. The van der Waals surface area contributed by atoms with Crippen LogP contribution in [0.4, 0.5) is 11.4 Å². The van der Waals surface area contributed by atoms with Gasteiger partial charge < -0.3 is 9.64 Å². The second-order valence-corrected chi connectivity index (χ2v) is 7.91. The van der Waals surface area contributed by atoms with E-state index in [2.05, 4.69) is 29.1 Å². The van der Waals surface area contributed by atoms with Gasteiger partial charge in [-0.3, -0.25) is 4.79 Å². The van der Waals surface area contributed by atoms with Gasteiger partial charge in [-0.2, -0.15) is 9.78 Å². The third-order valence-electron chi connectivity index (χ3n) is 5.40. The number of aliphatic imine (C=N–C) groups is 1. The Morgan fingerprint density at radius 1 is 1.23 bits per heavy atom. The molecule has 160 valence electrons. The van der Waals surface area contributed by atoms with Crippen molar-refractivity contribution in [1.82, 2.24) is 9.66 Å². The number of benzene rings is 1. The molecule has 1 aliphatic rings. The Bertz CT molecular complexity index is 1070. The van der Waals surface area contributed by atoms with Gasteiger partial charge in [0, 0.05) is 31.5 Å². The normalized spacial score (nSPS) is 14.4.